The molecule has 4 aromatic rings. The number of halogens is 2. The summed E-state index contributed by atoms with van der Waals surface area (Å²) in [5.74, 6) is -4.02. The van der Waals surface area contributed by atoms with Crippen LogP contribution in [0.15, 0.2) is 65.8 Å². The number of aryl methyl sites for hydroxylation is 2. The Labute approximate surface area is 237 Å². The van der Waals surface area contributed by atoms with Gasteiger partial charge in [-0.05, 0) is 43.8 Å². The molecular weight excluding hydrogens is 552 g/mol. The molecule has 0 aliphatic carbocycles. The molecule has 0 saturated carbocycles. The SMILES string of the molecule is Cc1ccccc1-c1nc(NS(=O)(=O)c2cnn(C)c2)nc(Oc2ccc(N3CCN(C)CC3)cc2)c1C(C)(F)F. The van der Waals surface area contributed by atoms with E-state index in [2.05, 4.69) is 36.6 Å². The van der Waals surface area contributed by atoms with Crippen molar-refractivity contribution < 1.29 is 21.9 Å². The zero-order valence-electron chi connectivity index (χ0n) is 23.2. The Morgan fingerprint density at radius 1 is 0.976 bits per heavy atom. The number of nitrogens with zero attached hydrogens (tertiary/aromatic N) is 6. The van der Waals surface area contributed by atoms with Gasteiger partial charge in [-0.15, -0.1) is 0 Å². The van der Waals surface area contributed by atoms with Crippen molar-refractivity contribution >= 4 is 21.7 Å². The molecule has 2 aromatic heterocycles. The highest BCUT2D eigenvalue weighted by atomic mass is 32.2. The van der Waals surface area contributed by atoms with Crippen LogP contribution < -0.4 is 14.4 Å². The molecule has 10 nitrogen and oxygen atoms in total. The molecule has 0 spiro atoms. The predicted octanol–water partition coefficient (Wildman–Crippen LogP) is 4.64. The third-order valence-electron chi connectivity index (χ3n) is 6.85. The van der Waals surface area contributed by atoms with Crippen molar-refractivity contribution in [2.45, 2.75) is 24.7 Å². The highest BCUT2D eigenvalue weighted by molar-refractivity contribution is 7.92. The number of sulfonamides is 1. The number of hydrogen-bond acceptors (Lipinski definition) is 8. The third kappa shape index (κ3) is 6.30. The van der Waals surface area contributed by atoms with Crippen molar-refractivity contribution in [1.82, 2.24) is 24.6 Å². The Morgan fingerprint density at radius 3 is 2.27 bits per heavy atom. The van der Waals surface area contributed by atoms with Gasteiger partial charge in [-0.3, -0.25) is 4.68 Å². The van der Waals surface area contributed by atoms with E-state index < -0.39 is 33.3 Å². The first-order valence-electron chi connectivity index (χ1n) is 13.0. The largest absolute Gasteiger partial charge is 0.438 e. The molecule has 0 atom stereocenters. The number of likely N-dealkylation sites (N-methyl/N-ethyl adjacent to an activating group) is 1. The van der Waals surface area contributed by atoms with E-state index in [1.165, 1.54) is 17.1 Å². The number of alkyl halides is 2. The number of hydrogen-bond donors (Lipinski definition) is 1. The number of ether oxygens (including phenoxy) is 1. The number of anilines is 2. The minimum atomic E-state index is -4.17. The van der Waals surface area contributed by atoms with E-state index in [9.17, 15) is 8.42 Å². The topological polar surface area (TPSA) is 105 Å². The maximum absolute atomic E-state index is 15.3. The van der Waals surface area contributed by atoms with Gasteiger partial charge in [-0.25, -0.2) is 26.9 Å². The Hall–Kier alpha value is -4.10. The van der Waals surface area contributed by atoms with Crippen LogP contribution in [-0.4, -0.2) is 66.3 Å². The number of aromatic nitrogens is 4. The first kappa shape index (κ1) is 28.4. The van der Waals surface area contributed by atoms with Crippen LogP contribution in [0, 0.1) is 6.92 Å². The van der Waals surface area contributed by atoms with E-state index in [0.717, 1.165) is 38.8 Å². The molecule has 13 heteroatoms. The van der Waals surface area contributed by atoms with Crippen molar-refractivity contribution in [3.63, 3.8) is 0 Å². The van der Waals surface area contributed by atoms with Gasteiger partial charge in [0.25, 0.3) is 15.9 Å². The molecule has 216 valence electrons. The number of benzene rings is 2. The normalized spacial score (nSPS) is 14.7. The Bertz CT molecular complexity index is 1650. The molecule has 0 radical (unpaired) electrons. The fraction of sp³-hybridized carbons (Fsp3) is 0.321. The van der Waals surface area contributed by atoms with Gasteiger partial charge >= 0.3 is 0 Å². The highest BCUT2D eigenvalue weighted by Crippen LogP contribution is 2.43. The zero-order valence-corrected chi connectivity index (χ0v) is 24.0. The lowest BCUT2D eigenvalue weighted by Crippen LogP contribution is -2.44. The molecule has 1 N–H and O–H groups in total. The van der Waals surface area contributed by atoms with E-state index >= 15 is 8.78 Å². The van der Waals surface area contributed by atoms with Crippen LogP contribution in [0.1, 0.15) is 18.1 Å². The van der Waals surface area contributed by atoms with Crippen molar-refractivity contribution in [1.29, 1.82) is 0 Å². The van der Waals surface area contributed by atoms with Gasteiger partial charge in [0.05, 0.1) is 11.9 Å². The third-order valence-corrected chi connectivity index (χ3v) is 8.13. The lowest BCUT2D eigenvalue weighted by Gasteiger charge is -2.34. The first-order chi connectivity index (χ1) is 19.4. The van der Waals surface area contributed by atoms with Gasteiger partial charge in [0.1, 0.15) is 16.2 Å². The van der Waals surface area contributed by atoms with Crippen LogP contribution in [0.4, 0.5) is 20.4 Å². The van der Waals surface area contributed by atoms with Gasteiger partial charge in [0, 0.05) is 57.6 Å². The maximum atomic E-state index is 15.3. The Kier molecular flexibility index (Phi) is 7.66. The highest BCUT2D eigenvalue weighted by Gasteiger charge is 2.36. The summed E-state index contributed by atoms with van der Waals surface area (Å²) >= 11 is 0. The van der Waals surface area contributed by atoms with Gasteiger partial charge in [0.2, 0.25) is 11.8 Å². The summed E-state index contributed by atoms with van der Waals surface area (Å²) in [5.41, 5.74) is 1.35. The average Bonchev–Trinajstić information content (AvgIpc) is 3.36. The van der Waals surface area contributed by atoms with Crippen LogP contribution in [-0.2, 0) is 23.0 Å². The second-order valence-corrected chi connectivity index (χ2v) is 11.8. The van der Waals surface area contributed by atoms with Crippen molar-refractivity contribution in [2.24, 2.45) is 7.05 Å². The Balaban J connectivity index is 1.58. The van der Waals surface area contributed by atoms with Crippen molar-refractivity contribution in [3.8, 4) is 22.9 Å². The maximum Gasteiger partial charge on any atom is 0.277 e. The van der Waals surface area contributed by atoms with Crippen LogP contribution in [0.25, 0.3) is 11.3 Å². The molecule has 2 aromatic carbocycles. The Morgan fingerprint density at radius 2 is 1.66 bits per heavy atom. The molecule has 1 saturated heterocycles. The van der Waals surface area contributed by atoms with E-state index in [0.29, 0.717) is 11.1 Å². The van der Waals surface area contributed by atoms with Crippen LogP contribution in [0.2, 0.25) is 0 Å². The van der Waals surface area contributed by atoms with E-state index in [-0.39, 0.29) is 16.3 Å². The monoisotopic (exact) mass is 583 g/mol. The molecule has 5 rings (SSSR count). The molecule has 0 amide bonds. The molecule has 0 unspecified atom stereocenters. The summed E-state index contributed by atoms with van der Waals surface area (Å²) in [6, 6.07) is 13.9. The van der Waals surface area contributed by atoms with Gasteiger partial charge in [0.15, 0.2) is 0 Å². The van der Waals surface area contributed by atoms with Crippen LogP contribution in [0.5, 0.6) is 11.6 Å². The van der Waals surface area contributed by atoms with Crippen molar-refractivity contribution in [2.75, 3.05) is 42.8 Å². The predicted molar refractivity (Wildman–Crippen MR) is 152 cm³/mol. The molecule has 1 aliphatic rings. The smallest absolute Gasteiger partial charge is 0.277 e. The quantitative estimate of drug-likeness (QED) is 0.320. The first-order valence-corrected chi connectivity index (χ1v) is 14.5. The summed E-state index contributed by atoms with van der Waals surface area (Å²) in [5, 5.41) is 3.89. The molecule has 1 aliphatic heterocycles. The molecule has 0 bridgehead atoms. The second-order valence-electron chi connectivity index (χ2n) is 10.1. The average molecular weight is 584 g/mol. The standard InChI is InChI=1S/C28H31F2N7O3S/c1-19-7-5-6-8-23(19)25-24(28(2,29)30)26(33-27(32-25)34-41(38,39)22-17-31-36(4)18-22)40-21-11-9-20(10-12-21)37-15-13-35(3)14-16-37/h5-12,17-18H,13-16H2,1-4H3,(H,32,33,34). The summed E-state index contributed by atoms with van der Waals surface area (Å²) in [7, 11) is -0.521. The minimum absolute atomic E-state index is 0.132. The van der Waals surface area contributed by atoms with E-state index in [1.807, 2.05) is 12.1 Å². The summed E-state index contributed by atoms with van der Waals surface area (Å²) in [6.45, 7) is 6.10. The summed E-state index contributed by atoms with van der Waals surface area (Å²) in [6.07, 6.45) is 2.47. The van der Waals surface area contributed by atoms with Gasteiger partial charge < -0.3 is 14.5 Å². The summed E-state index contributed by atoms with van der Waals surface area (Å²) < 4.78 is 66.2. The summed E-state index contributed by atoms with van der Waals surface area (Å²) in [4.78, 5) is 12.8. The molecule has 1 fully saturated rings. The molecular formula is C28H31F2N7O3S. The number of nitrogens with one attached hydrogen (secondary N) is 1. The second kappa shape index (κ2) is 11.1. The molecule has 3 heterocycles. The zero-order chi connectivity index (χ0) is 29.4. The lowest BCUT2D eigenvalue weighted by atomic mass is 9.99. The fourth-order valence-corrected chi connectivity index (χ4v) is 5.53. The van der Waals surface area contributed by atoms with Crippen molar-refractivity contribution in [3.05, 3.63) is 72.1 Å². The minimum Gasteiger partial charge on any atom is -0.438 e. The van der Waals surface area contributed by atoms with E-state index in [1.54, 1.807) is 50.4 Å². The van der Waals surface area contributed by atoms with E-state index in [4.69, 9.17) is 4.74 Å². The number of rotatable bonds is 8. The van der Waals surface area contributed by atoms with Crippen LogP contribution >= 0.6 is 0 Å². The lowest BCUT2D eigenvalue weighted by molar-refractivity contribution is 0.0153. The van der Waals surface area contributed by atoms with Gasteiger partial charge in [-0.2, -0.15) is 10.1 Å². The van der Waals surface area contributed by atoms with Gasteiger partial charge in [-0.1, -0.05) is 24.3 Å². The fourth-order valence-electron chi connectivity index (χ4n) is 4.61. The molecule has 41 heavy (non-hydrogen) atoms. The number of piperazine rings is 1. The van der Waals surface area contributed by atoms with Crippen LogP contribution in [0.3, 0.4) is 0 Å².